The number of likely N-dealkylation sites (tertiary alicyclic amines) is 1. The molecule has 0 atom stereocenters. The summed E-state index contributed by atoms with van der Waals surface area (Å²) in [6, 6.07) is 15.5. The summed E-state index contributed by atoms with van der Waals surface area (Å²) >= 11 is 0. The van der Waals surface area contributed by atoms with Crippen molar-refractivity contribution in [2.24, 2.45) is 0 Å². The maximum absolute atomic E-state index is 12.5. The van der Waals surface area contributed by atoms with Crippen molar-refractivity contribution >= 4 is 16.8 Å². The number of hydrogen-bond acceptors (Lipinski definition) is 4. The van der Waals surface area contributed by atoms with Crippen LogP contribution in [0.25, 0.3) is 10.9 Å². The molecule has 0 aliphatic carbocycles. The van der Waals surface area contributed by atoms with Crippen LogP contribution in [-0.4, -0.2) is 33.4 Å². The van der Waals surface area contributed by atoms with Gasteiger partial charge in [0.15, 0.2) is 0 Å². The van der Waals surface area contributed by atoms with Gasteiger partial charge < -0.3 is 5.32 Å². The molecule has 2 heterocycles. The van der Waals surface area contributed by atoms with E-state index in [1.54, 1.807) is 18.2 Å². The molecule has 1 N–H and O–H groups in total. The molecule has 4 rings (SSSR count). The van der Waals surface area contributed by atoms with Gasteiger partial charge >= 0.3 is 0 Å². The molecule has 1 aliphatic rings. The molecule has 1 aromatic heterocycles. The maximum Gasteiger partial charge on any atom is 0.261 e. The minimum absolute atomic E-state index is 0.0380. The first kappa shape index (κ1) is 18.4. The van der Waals surface area contributed by atoms with Crippen molar-refractivity contribution in [1.29, 1.82) is 0 Å². The smallest absolute Gasteiger partial charge is 0.261 e. The fourth-order valence-corrected chi connectivity index (χ4v) is 3.59. The number of carbonyl (C=O) groups excluding carboxylic acids is 1. The van der Waals surface area contributed by atoms with Gasteiger partial charge in [0.1, 0.15) is 6.54 Å². The summed E-state index contributed by atoms with van der Waals surface area (Å²) in [6.07, 6.45) is 4.01. The third-order valence-corrected chi connectivity index (χ3v) is 5.16. The van der Waals surface area contributed by atoms with E-state index in [2.05, 4.69) is 39.5 Å². The van der Waals surface area contributed by atoms with Crippen molar-refractivity contribution < 1.29 is 4.79 Å². The van der Waals surface area contributed by atoms with Crippen LogP contribution in [0.1, 0.15) is 24.0 Å². The Kier molecular flexibility index (Phi) is 5.48. The van der Waals surface area contributed by atoms with Crippen LogP contribution in [0.5, 0.6) is 0 Å². The molecule has 28 heavy (non-hydrogen) atoms. The fraction of sp³-hybridized carbons (Fsp3) is 0.318. The number of rotatable bonds is 6. The average molecular weight is 376 g/mol. The van der Waals surface area contributed by atoms with E-state index in [-0.39, 0.29) is 18.0 Å². The van der Waals surface area contributed by atoms with Gasteiger partial charge in [-0.1, -0.05) is 36.4 Å². The molecule has 2 aromatic carbocycles. The van der Waals surface area contributed by atoms with Gasteiger partial charge in [0.2, 0.25) is 5.91 Å². The fourth-order valence-electron chi connectivity index (χ4n) is 3.59. The summed E-state index contributed by atoms with van der Waals surface area (Å²) in [7, 11) is 0. The lowest BCUT2D eigenvalue weighted by atomic mass is 10.1. The molecule has 144 valence electrons. The number of aromatic nitrogens is 2. The summed E-state index contributed by atoms with van der Waals surface area (Å²) in [6.45, 7) is 3.76. The second-order valence-corrected chi connectivity index (χ2v) is 7.27. The third-order valence-electron chi connectivity index (χ3n) is 5.16. The SMILES string of the molecule is O=C(Cn1cnc2ccccc2c1=O)NCc1ccc(CN2CCCC2)cc1. The molecule has 1 amide bonds. The van der Waals surface area contributed by atoms with Crippen molar-refractivity contribution in [3.8, 4) is 0 Å². The Morgan fingerprint density at radius 3 is 2.50 bits per heavy atom. The van der Waals surface area contributed by atoms with Crippen LogP contribution in [0.3, 0.4) is 0 Å². The molecule has 1 aliphatic heterocycles. The van der Waals surface area contributed by atoms with Crippen molar-refractivity contribution in [2.45, 2.75) is 32.5 Å². The van der Waals surface area contributed by atoms with Crippen LogP contribution >= 0.6 is 0 Å². The summed E-state index contributed by atoms with van der Waals surface area (Å²) in [4.78, 5) is 31.4. The Hall–Kier alpha value is -2.99. The number of amides is 1. The van der Waals surface area contributed by atoms with Crippen molar-refractivity contribution in [2.75, 3.05) is 13.1 Å². The highest BCUT2D eigenvalue weighted by Crippen LogP contribution is 2.13. The predicted molar refractivity (Wildman–Crippen MR) is 109 cm³/mol. The summed E-state index contributed by atoms with van der Waals surface area (Å²) in [5, 5.41) is 3.40. The van der Waals surface area contributed by atoms with Crippen molar-refractivity contribution in [1.82, 2.24) is 19.8 Å². The monoisotopic (exact) mass is 376 g/mol. The number of benzene rings is 2. The van der Waals surface area contributed by atoms with E-state index in [0.29, 0.717) is 17.4 Å². The third kappa shape index (κ3) is 4.28. The topological polar surface area (TPSA) is 67.2 Å². The molecule has 6 heteroatoms. The lowest BCUT2D eigenvalue weighted by Gasteiger charge is -2.14. The van der Waals surface area contributed by atoms with E-state index >= 15 is 0 Å². The highest BCUT2D eigenvalue weighted by atomic mass is 16.2. The number of nitrogens with one attached hydrogen (secondary N) is 1. The zero-order valence-corrected chi connectivity index (χ0v) is 15.8. The normalized spacial score (nSPS) is 14.4. The summed E-state index contributed by atoms with van der Waals surface area (Å²) in [5.74, 6) is -0.208. The minimum atomic E-state index is -0.208. The zero-order chi connectivity index (χ0) is 19.3. The molecule has 6 nitrogen and oxygen atoms in total. The quantitative estimate of drug-likeness (QED) is 0.717. The Labute approximate surface area is 163 Å². The molecule has 1 fully saturated rings. The molecule has 0 spiro atoms. The molecule has 0 bridgehead atoms. The van der Waals surface area contributed by atoms with E-state index < -0.39 is 0 Å². The zero-order valence-electron chi connectivity index (χ0n) is 15.8. The van der Waals surface area contributed by atoms with E-state index in [0.717, 1.165) is 12.1 Å². The molecular formula is C22H24N4O2. The van der Waals surface area contributed by atoms with Crippen LogP contribution < -0.4 is 10.9 Å². The van der Waals surface area contributed by atoms with Gasteiger partial charge in [0.25, 0.3) is 5.56 Å². The molecular weight excluding hydrogens is 352 g/mol. The number of para-hydroxylation sites is 1. The first-order valence-electron chi connectivity index (χ1n) is 9.70. The van der Waals surface area contributed by atoms with Crippen LogP contribution in [-0.2, 0) is 24.4 Å². The highest BCUT2D eigenvalue weighted by Gasteiger charge is 2.12. The van der Waals surface area contributed by atoms with E-state index in [9.17, 15) is 9.59 Å². The molecule has 1 saturated heterocycles. The Morgan fingerprint density at radius 2 is 1.71 bits per heavy atom. The number of fused-ring (bicyclic) bond motifs is 1. The lowest BCUT2D eigenvalue weighted by molar-refractivity contribution is -0.121. The van der Waals surface area contributed by atoms with Gasteiger partial charge in [-0.25, -0.2) is 4.98 Å². The van der Waals surface area contributed by atoms with Crippen LogP contribution in [0.15, 0.2) is 59.7 Å². The van der Waals surface area contributed by atoms with Crippen molar-refractivity contribution in [3.05, 3.63) is 76.3 Å². The Balaban J connectivity index is 1.33. The maximum atomic E-state index is 12.5. The largest absolute Gasteiger partial charge is 0.350 e. The highest BCUT2D eigenvalue weighted by molar-refractivity contribution is 5.78. The molecule has 3 aromatic rings. The van der Waals surface area contributed by atoms with Gasteiger partial charge in [-0.05, 0) is 49.2 Å². The number of hydrogen-bond donors (Lipinski definition) is 1. The first-order chi connectivity index (χ1) is 13.7. The second-order valence-electron chi connectivity index (χ2n) is 7.27. The Morgan fingerprint density at radius 1 is 1.00 bits per heavy atom. The average Bonchev–Trinajstić information content (AvgIpc) is 3.23. The lowest BCUT2D eigenvalue weighted by Crippen LogP contribution is -2.32. The van der Waals surface area contributed by atoms with Gasteiger partial charge in [0, 0.05) is 13.1 Å². The van der Waals surface area contributed by atoms with Gasteiger partial charge in [-0.3, -0.25) is 19.1 Å². The second kappa shape index (κ2) is 8.35. The molecule has 0 radical (unpaired) electrons. The first-order valence-corrected chi connectivity index (χ1v) is 9.70. The Bertz CT molecular complexity index is 1020. The van der Waals surface area contributed by atoms with E-state index in [4.69, 9.17) is 0 Å². The van der Waals surface area contributed by atoms with Gasteiger partial charge in [-0.15, -0.1) is 0 Å². The minimum Gasteiger partial charge on any atom is -0.350 e. The molecule has 0 unspecified atom stereocenters. The van der Waals surface area contributed by atoms with Crippen LogP contribution in [0.2, 0.25) is 0 Å². The van der Waals surface area contributed by atoms with Crippen LogP contribution in [0.4, 0.5) is 0 Å². The van der Waals surface area contributed by atoms with Crippen molar-refractivity contribution in [3.63, 3.8) is 0 Å². The summed E-state index contributed by atoms with van der Waals surface area (Å²) in [5.41, 5.74) is 2.78. The predicted octanol–water partition coefficient (Wildman–Crippen LogP) is 2.31. The summed E-state index contributed by atoms with van der Waals surface area (Å²) < 4.78 is 1.34. The van der Waals surface area contributed by atoms with Gasteiger partial charge in [-0.2, -0.15) is 0 Å². The van der Waals surface area contributed by atoms with Crippen LogP contribution in [0, 0.1) is 0 Å². The standard InChI is InChI=1S/C22H24N4O2/c27-21(15-26-16-24-20-6-2-1-5-19(20)22(26)28)23-13-17-7-9-18(10-8-17)14-25-11-3-4-12-25/h1-2,5-10,16H,3-4,11-15H2,(H,23,27). The number of carbonyl (C=O) groups is 1. The number of nitrogens with zero attached hydrogens (tertiary/aromatic N) is 3. The molecule has 0 saturated carbocycles. The van der Waals surface area contributed by atoms with Gasteiger partial charge in [0.05, 0.1) is 17.2 Å². The van der Waals surface area contributed by atoms with E-state index in [1.165, 1.54) is 42.4 Å². The van der Waals surface area contributed by atoms with E-state index in [1.807, 2.05) is 6.07 Å².